The van der Waals surface area contributed by atoms with Gasteiger partial charge in [-0.3, -0.25) is 9.79 Å². The fourth-order valence-corrected chi connectivity index (χ4v) is 1.84. The van der Waals surface area contributed by atoms with E-state index in [0.717, 1.165) is 5.75 Å². The maximum Gasteiger partial charge on any atom is 0.325 e. The van der Waals surface area contributed by atoms with Gasteiger partial charge in [0.15, 0.2) is 5.96 Å². The third kappa shape index (κ3) is 8.09. The van der Waals surface area contributed by atoms with Gasteiger partial charge < -0.3 is 19.7 Å². The van der Waals surface area contributed by atoms with Gasteiger partial charge in [-0.05, 0) is 32.9 Å². The number of esters is 1. The molecule has 0 radical (unpaired) electrons. The van der Waals surface area contributed by atoms with Crippen molar-refractivity contribution in [1.29, 1.82) is 0 Å². The monoisotopic (exact) mass is 321 g/mol. The number of para-hydroxylation sites is 1. The van der Waals surface area contributed by atoms with E-state index in [9.17, 15) is 4.79 Å². The van der Waals surface area contributed by atoms with Gasteiger partial charge >= 0.3 is 5.97 Å². The number of carbonyl (C=O) groups excluding carboxylic acids is 1. The lowest BCUT2D eigenvalue weighted by Gasteiger charge is -2.23. The number of hydrogen-bond donors (Lipinski definition) is 1. The maximum atomic E-state index is 11.7. The largest absolute Gasteiger partial charge is 0.492 e. The molecule has 0 bridgehead atoms. The van der Waals surface area contributed by atoms with Gasteiger partial charge in [0.25, 0.3) is 0 Å². The minimum atomic E-state index is -0.488. The van der Waals surface area contributed by atoms with Crippen molar-refractivity contribution in [3.63, 3.8) is 0 Å². The highest BCUT2D eigenvalue weighted by atomic mass is 16.6. The number of benzene rings is 1. The van der Waals surface area contributed by atoms with Crippen molar-refractivity contribution in [2.75, 3.05) is 33.8 Å². The van der Waals surface area contributed by atoms with Crippen LogP contribution in [-0.4, -0.2) is 56.2 Å². The zero-order valence-electron chi connectivity index (χ0n) is 14.6. The summed E-state index contributed by atoms with van der Waals surface area (Å²) in [6.45, 7) is 6.76. The first-order valence-corrected chi connectivity index (χ1v) is 7.63. The second kappa shape index (κ2) is 9.02. The van der Waals surface area contributed by atoms with E-state index < -0.39 is 5.60 Å². The Morgan fingerprint density at radius 3 is 2.48 bits per heavy atom. The fourth-order valence-electron chi connectivity index (χ4n) is 1.84. The highest BCUT2D eigenvalue weighted by Gasteiger charge is 2.16. The van der Waals surface area contributed by atoms with Crippen LogP contribution in [0.15, 0.2) is 35.3 Å². The lowest BCUT2D eigenvalue weighted by Crippen LogP contribution is -2.44. The molecule has 1 rings (SSSR count). The molecule has 1 aromatic carbocycles. The number of likely N-dealkylation sites (N-methyl/N-ethyl adjacent to an activating group) is 1. The van der Waals surface area contributed by atoms with Gasteiger partial charge in [-0.25, -0.2) is 0 Å². The van der Waals surface area contributed by atoms with E-state index in [2.05, 4.69) is 10.3 Å². The Kier molecular flexibility index (Phi) is 7.38. The summed E-state index contributed by atoms with van der Waals surface area (Å²) in [5, 5.41) is 2.99. The summed E-state index contributed by atoms with van der Waals surface area (Å²) in [5.41, 5.74) is -0.488. The number of hydrogen-bond acceptors (Lipinski definition) is 4. The van der Waals surface area contributed by atoms with E-state index in [1.807, 2.05) is 63.1 Å². The minimum absolute atomic E-state index is 0.0772. The van der Waals surface area contributed by atoms with Crippen LogP contribution < -0.4 is 10.1 Å². The molecule has 1 N–H and O–H groups in total. The van der Waals surface area contributed by atoms with E-state index in [-0.39, 0.29) is 12.5 Å². The van der Waals surface area contributed by atoms with Crippen molar-refractivity contribution in [3.8, 4) is 5.75 Å². The number of aliphatic imine (C=N–C) groups is 1. The summed E-state index contributed by atoms with van der Waals surface area (Å²) < 4.78 is 10.9. The predicted molar refractivity (Wildman–Crippen MR) is 91.8 cm³/mol. The standard InChI is InChI=1S/C17H27N3O3/c1-17(2,3)23-15(21)13-19-16(18-4)20(5)11-12-22-14-9-7-6-8-10-14/h6-10H,11-13H2,1-5H3,(H,18,19). The first-order chi connectivity index (χ1) is 10.8. The molecule has 1 aromatic rings. The van der Waals surface area contributed by atoms with Crippen LogP contribution >= 0.6 is 0 Å². The topological polar surface area (TPSA) is 63.2 Å². The SMILES string of the molecule is CN=C(NCC(=O)OC(C)(C)C)N(C)CCOc1ccccc1. The minimum Gasteiger partial charge on any atom is -0.492 e. The highest BCUT2D eigenvalue weighted by molar-refractivity contribution is 5.84. The number of nitrogens with one attached hydrogen (secondary N) is 1. The van der Waals surface area contributed by atoms with Crippen molar-refractivity contribution in [3.05, 3.63) is 30.3 Å². The molecule has 0 aliphatic carbocycles. The Labute approximate surface area is 138 Å². The van der Waals surface area contributed by atoms with Crippen molar-refractivity contribution in [1.82, 2.24) is 10.2 Å². The number of guanidine groups is 1. The summed E-state index contributed by atoms with van der Waals surface area (Å²) in [6, 6.07) is 9.63. The summed E-state index contributed by atoms with van der Waals surface area (Å²) >= 11 is 0. The lowest BCUT2D eigenvalue weighted by atomic mass is 10.2. The van der Waals surface area contributed by atoms with Crippen molar-refractivity contribution in [2.24, 2.45) is 4.99 Å². The van der Waals surface area contributed by atoms with Crippen LogP contribution in [0.25, 0.3) is 0 Å². The molecule has 0 heterocycles. The molecule has 0 aliphatic heterocycles. The molecule has 6 nitrogen and oxygen atoms in total. The summed E-state index contributed by atoms with van der Waals surface area (Å²) in [4.78, 5) is 17.8. The molecule has 0 unspecified atom stereocenters. The van der Waals surface area contributed by atoms with Crippen molar-refractivity contribution in [2.45, 2.75) is 26.4 Å². The second-order valence-corrected chi connectivity index (χ2v) is 6.07. The molecule has 0 aliphatic rings. The molecule has 23 heavy (non-hydrogen) atoms. The van der Waals surface area contributed by atoms with Crippen molar-refractivity contribution >= 4 is 11.9 Å². The smallest absolute Gasteiger partial charge is 0.325 e. The van der Waals surface area contributed by atoms with Gasteiger partial charge in [0.1, 0.15) is 24.5 Å². The second-order valence-electron chi connectivity index (χ2n) is 6.07. The quantitative estimate of drug-likeness (QED) is 0.493. The summed E-state index contributed by atoms with van der Waals surface area (Å²) in [6.07, 6.45) is 0. The summed E-state index contributed by atoms with van der Waals surface area (Å²) in [7, 11) is 3.56. The van der Waals surface area contributed by atoms with E-state index in [4.69, 9.17) is 9.47 Å². The van der Waals surface area contributed by atoms with Crippen molar-refractivity contribution < 1.29 is 14.3 Å². The molecule has 128 valence electrons. The molecule has 0 spiro atoms. The Morgan fingerprint density at radius 2 is 1.91 bits per heavy atom. The third-order valence-corrected chi connectivity index (χ3v) is 2.82. The van der Waals surface area contributed by atoms with Crippen LogP contribution in [0.5, 0.6) is 5.75 Å². The van der Waals surface area contributed by atoms with Gasteiger partial charge in [0, 0.05) is 14.1 Å². The maximum absolute atomic E-state index is 11.7. The number of rotatable bonds is 6. The summed E-state index contributed by atoms with van der Waals surface area (Å²) in [5.74, 6) is 1.14. The Balaban J connectivity index is 2.34. The first kappa shape index (κ1) is 18.8. The number of ether oxygens (including phenoxy) is 2. The van der Waals surface area contributed by atoms with Gasteiger partial charge in [-0.2, -0.15) is 0 Å². The average Bonchev–Trinajstić information content (AvgIpc) is 2.47. The highest BCUT2D eigenvalue weighted by Crippen LogP contribution is 2.08. The Morgan fingerprint density at radius 1 is 1.26 bits per heavy atom. The molecule has 0 saturated carbocycles. The molecule has 0 fully saturated rings. The van der Waals surface area contributed by atoms with Gasteiger partial charge in [0.05, 0.1) is 6.54 Å². The van der Waals surface area contributed by atoms with Gasteiger partial charge in [0.2, 0.25) is 0 Å². The van der Waals surface area contributed by atoms with Crippen LogP contribution in [0.1, 0.15) is 20.8 Å². The van der Waals surface area contributed by atoms with Gasteiger partial charge in [-0.1, -0.05) is 18.2 Å². The molecule has 0 saturated heterocycles. The van der Waals surface area contributed by atoms with E-state index >= 15 is 0 Å². The normalized spacial score (nSPS) is 11.8. The zero-order chi connectivity index (χ0) is 17.3. The Bertz CT molecular complexity index is 510. The number of carbonyl (C=O) groups is 1. The zero-order valence-corrected chi connectivity index (χ0v) is 14.6. The predicted octanol–water partition coefficient (Wildman–Crippen LogP) is 1.91. The van der Waals surface area contributed by atoms with Gasteiger partial charge in [-0.15, -0.1) is 0 Å². The Hall–Kier alpha value is -2.24. The molecular formula is C17H27N3O3. The molecule has 6 heteroatoms. The fraction of sp³-hybridized carbons (Fsp3) is 0.529. The van der Waals surface area contributed by atoms with Crippen LogP contribution in [-0.2, 0) is 9.53 Å². The number of nitrogens with zero attached hydrogens (tertiary/aromatic N) is 2. The molecule has 0 amide bonds. The molecular weight excluding hydrogens is 294 g/mol. The van der Waals surface area contributed by atoms with E-state index in [1.54, 1.807) is 7.05 Å². The average molecular weight is 321 g/mol. The van der Waals surface area contributed by atoms with Crippen LogP contribution in [0.4, 0.5) is 0 Å². The van der Waals surface area contributed by atoms with Crippen LogP contribution in [0.2, 0.25) is 0 Å². The molecule has 0 aromatic heterocycles. The molecule has 0 atom stereocenters. The first-order valence-electron chi connectivity index (χ1n) is 7.63. The lowest BCUT2D eigenvalue weighted by molar-refractivity contribution is -0.153. The van der Waals surface area contributed by atoms with Crippen LogP contribution in [0.3, 0.4) is 0 Å². The third-order valence-electron chi connectivity index (χ3n) is 2.82. The van der Waals surface area contributed by atoms with Crippen LogP contribution in [0, 0.1) is 0 Å². The van der Waals surface area contributed by atoms with E-state index in [1.165, 1.54) is 0 Å². The van der Waals surface area contributed by atoms with E-state index in [0.29, 0.717) is 19.1 Å².